The van der Waals surface area contributed by atoms with Crippen molar-refractivity contribution < 1.29 is 4.79 Å². The summed E-state index contributed by atoms with van der Waals surface area (Å²) in [6.45, 7) is 2.08. The Kier molecular flexibility index (Phi) is 3.95. The molecule has 0 spiro atoms. The smallest absolute Gasteiger partial charge is 0.274 e. The highest BCUT2D eigenvalue weighted by Gasteiger charge is 2.20. The maximum atomic E-state index is 12.6. The summed E-state index contributed by atoms with van der Waals surface area (Å²) in [5, 5.41) is 3.00. The van der Waals surface area contributed by atoms with E-state index < -0.39 is 0 Å². The van der Waals surface area contributed by atoms with Gasteiger partial charge in [0.25, 0.3) is 5.91 Å². The van der Waals surface area contributed by atoms with E-state index in [-0.39, 0.29) is 5.91 Å². The number of nitrogens with zero attached hydrogens (tertiary/aromatic N) is 2. The van der Waals surface area contributed by atoms with Gasteiger partial charge in [-0.1, -0.05) is 25.1 Å². The first-order valence-electron chi connectivity index (χ1n) is 7.51. The molecule has 1 aliphatic carbocycles. The Morgan fingerprint density at radius 3 is 2.86 bits per heavy atom. The van der Waals surface area contributed by atoms with E-state index in [9.17, 15) is 4.79 Å². The molecule has 4 nitrogen and oxygen atoms in total. The lowest BCUT2D eigenvalue weighted by Gasteiger charge is -2.17. The number of aromatic nitrogens is 2. The summed E-state index contributed by atoms with van der Waals surface area (Å²) in [7, 11) is 0. The van der Waals surface area contributed by atoms with Gasteiger partial charge in [-0.3, -0.25) is 4.79 Å². The predicted molar refractivity (Wildman–Crippen MR) is 82.4 cm³/mol. The van der Waals surface area contributed by atoms with E-state index in [2.05, 4.69) is 22.2 Å². The van der Waals surface area contributed by atoms with Crippen molar-refractivity contribution in [2.24, 2.45) is 0 Å². The first kappa shape index (κ1) is 13.7. The molecular formula is C17H19N3O. The van der Waals surface area contributed by atoms with Crippen molar-refractivity contribution in [1.29, 1.82) is 0 Å². The van der Waals surface area contributed by atoms with Crippen LogP contribution in [0.4, 0.5) is 5.69 Å². The number of para-hydroxylation sites is 1. The van der Waals surface area contributed by atoms with Gasteiger partial charge in [0.15, 0.2) is 0 Å². The Labute approximate surface area is 124 Å². The normalized spacial score (nSPS) is 13.6. The van der Waals surface area contributed by atoms with Gasteiger partial charge in [0.05, 0.1) is 0 Å². The van der Waals surface area contributed by atoms with E-state index in [0.717, 1.165) is 54.6 Å². The molecule has 2 aromatic rings. The number of rotatable bonds is 3. The zero-order chi connectivity index (χ0) is 14.7. The molecule has 0 saturated heterocycles. The topological polar surface area (TPSA) is 54.9 Å². The van der Waals surface area contributed by atoms with Crippen molar-refractivity contribution in [2.45, 2.75) is 39.0 Å². The van der Waals surface area contributed by atoms with Crippen molar-refractivity contribution in [3.8, 4) is 0 Å². The Balaban J connectivity index is 1.89. The fraction of sp³-hybridized carbons (Fsp3) is 0.353. The summed E-state index contributed by atoms with van der Waals surface area (Å²) < 4.78 is 0. The highest BCUT2D eigenvalue weighted by Crippen LogP contribution is 2.23. The molecule has 0 saturated carbocycles. The van der Waals surface area contributed by atoms with Crippen LogP contribution in [0.1, 0.15) is 47.1 Å². The minimum absolute atomic E-state index is 0.128. The predicted octanol–water partition coefficient (Wildman–Crippen LogP) is 3.17. The van der Waals surface area contributed by atoms with Gasteiger partial charge in [0.1, 0.15) is 12.0 Å². The second-order valence-corrected chi connectivity index (χ2v) is 5.32. The Hall–Kier alpha value is -2.23. The summed E-state index contributed by atoms with van der Waals surface area (Å²) in [6, 6.07) is 7.89. The van der Waals surface area contributed by atoms with Gasteiger partial charge in [0, 0.05) is 16.9 Å². The van der Waals surface area contributed by atoms with E-state index in [1.165, 1.54) is 6.33 Å². The zero-order valence-corrected chi connectivity index (χ0v) is 12.2. The second-order valence-electron chi connectivity index (χ2n) is 5.32. The fourth-order valence-corrected chi connectivity index (χ4v) is 2.85. The van der Waals surface area contributed by atoms with Gasteiger partial charge in [-0.15, -0.1) is 0 Å². The molecule has 1 N–H and O–H groups in total. The Bertz CT molecular complexity index is 667. The lowest BCUT2D eigenvalue weighted by atomic mass is 9.94. The van der Waals surface area contributed by atoms with Crippen LogP contribution in [0.25, 0.3) is 0 Å². The summed E-state index contributed by atoms with van der Waals surface area (Å²) in [5.74, 6) is -0.128. The van der Waals surface area contributed by atoms with Gasteiger partial charge in [-0.25, -0.2) is 9.97 Å². The molecule has 0 fully saturated rings. The van der Waals surface area contributed by atoms with Gasteiger partial charge >= 0.3 is 0 Å². The highest BCUT2D eigenvalue weighted by molar-refractivity contribution is 6.04. The van der Waals surface area contributed by atoms with Crippen LogP contribution in [0.15, 0.2) is 30.6 Å². The SMILES string of the molecule is CCc1ccccc1NC(=O)c1ncnc2c1CCCC2. The number of hydrogen-bond acceptors (Lipinski definition) is 3. The van der Waals surface area contributed by atoms with Crippen molar-refractivity contribution >= 4 is 11.6 Å². The summed E-state index contributed by atoms with van der Waals surface area (Å²) >= 11 is 0. The molecule has 0 atom stereocenters. The van der Waals surface area contributed by atoms with Gasteiger partial charge in [-0.2, -0.15) is 0 Å². The van der Waals surface area contributed by atoms with Crippen LogP contribution in [-0.2, 0) is 19.3 Å². The maximum absolute atomic E-state index is 12.6. The molecule has 0 aliphatic heterocycles. The van der Waals surface area contributed by atoms with Crippen molar-refractivity contribution in [1.82, 2.24) is 9.97 Å². The van der Waals surface area contributed by atoms with Crippen LogP contribution < -0.4 is 5.32 Å². The highest BCUT2D eigenvalue weighted by atomic mass is 16.1. The van der Waals surface area contributed by atoms with Crippen LogP contribution in [0.3, 0.4) is 0 Å². The first-order valence-corrected chi connectivity index (χ1v) is 7.51. The summed E-state index contributed by atoms with van der Waals surface area (Å²) in [4.78, 5) is 21.1. The average Bonchev–Trinajstić information content (AvgIpc) is 2.54. The van der Waals surface area contributed by atoms with E-state index in [0.29, 0.717) is 5.69 Å². The molecule has 1 aromatic carbocycles. The summed E-state index contributed by atoms with van der Waals surface area (Å²) in [5.41, 5.74) is 4.59. The minimum Gasteiger partial charge on any atom is -0.320 e. The molecule has 3 rings (SSSR count). The Morgan fingerprint density at radius 1 is 1.19 bits per heavy atom. The van der Waals surface area contributed by atoms with Gasteiger partial charge < -0.3 is 5.32 Å². The Morgan fingerprint density at radius 2 is 2.00 bits per heavy atom. The van der Waals surface area contributed by atoms with Crippen LogP contribution in [0, 0.1) is 0 Å². The molecule has 1 heterocycles. The van der Waals surface area contributed by atoms with E-state index in [1.807, 2.05) is 24.3 Å². The summed E-state index contributed by atoms with van der Waals surface area (Å²) in [6.07, 6.45) is 6.48. The number of carbonyl (C=O) groups excluding carboxylic acids is 1. The van der Waals surface area contributed by atoms with Crippen LogP contribution >= 0.6 is 0 Å². The number of nitrogens with one attached hydrogen (secondary N) is 1. The first-order chi connectivity index (χ1) is 10.3. The molecule has 4 heteroatoms. The minimum atomic E-state index is -0.128. The quantitative estimate of drug-likeness (QED) is 0.940. The number of carbonyl (C=O) groups is 1. The molecule has 1 amide bonds. The van der Waals surface area contributed by atoms with Gasteiger partial charge in [-0.05, 0) is 43.7 Å². The second kappa shape index (κ2) is 6.04. The lowest BCUT2D eigenvalue weighted by molar-refractivity contribution is 0.102. The molecule has 21 heavy (non-hydrogen) atoms. The molecule has 108 valence electrons. The number of fused-ring (bicyclic) bond motifs is 1. The molecular weight excluding hydrogens is 262 g/mol. The number of hydrogen-bond donors (Lipinski definition) is 1. The number of benzene rings is 1. The molecule has 1 aliphatic rings. The van der Waals surface area contributed by atoms with Crippen LogP contribution in [-0.4, -0.2) is 15.9 Å². The largest absolute Gasteiger partial charge is 0.320 e. The standard InChI is InChI=1S/C17H19N3O/c1-2-12-7-3-5-9-14(12)20-17(21)16-13-8-4-6-10-15(13)18-11-19-16/h3,5,7,9,11H,2,4,6,8,10H2,1H3,(H,20,21). The third-order valence-electron chi connectivity index (χ3n) is 3.99. The average molecular weight is 281 g/mol. The zero-order valence-electron chi connectivity index (χ0n) is 12.2. The van der Waals surface area contributed by atoms with Crippen molar-refractivity contribution in [3.05, 3.63) is 53.1 Å². The van der Waals surface area contributed by atoms with Crippen LogP contribution in [0.5, 0.6) is 0 Å². The van der Waals surface area contributed by atoms with Crippen molar-refractivity contribution in [2.75, 3.05) is 5.32 Å². The third kappa shape index (κ3) is 2.79. The molecule has 0 unspecified atom stereocenters. The van der Waals surface area contributed by atoms with Crippen LogP contribution in [0.2, 0.25) is 0 Å². The van der Waals surface area contributed by atoms with Gasteiger partial charge in [0.2, 0.25) is 0 Å². The third-order valence-corrected chi connectivity index (χ3v) is 3.99. The maximum Gasteiger partial charge on any atom is 0.274 e. The van der Waals surface area contributed by atoms with E-state index >= 15 is 0 Å². The lowest BCUT2D eigenvalue weighted by Crippen LogP contribution is -2.20. The fourth-order valence-electron chi connectivity index (χ4n) is 2.85. The van der Waals surface area contributed by atoms with Crippen molar-refractivity contribution in [3.63, 3.8) is 0 Å². The monoisotopic (exact) mass is 281 g/mol. The van der Waals surface area contributed by atoms with E-state index in [4.69, 9.17) is 0 Å². The van der Waals surface area contributed by atoms with E-state index in [1.54, 1.807) is 0 Å². The molecule has 1 aromatic heterocycles. The molecule has 0 radical (unpaired) electrons. The number of amides is 1. The number of aryl methyl sites for hydroxylation is 2. The number of anilines is 1. The molecule has 0 bridgehead atoms.